The lowest BCUT2D eigenvalue weighted by atomic mass is 10.0. The van der Waals surface area contributed by atoms with E-state index in [2.05, 4.69) is 23.1 Å². The Kier molecular flexibility index (Phi) is 4.28. The number of benzene rings is 1. The third-order valence-corrected chi connectivity index (χ3v) is 4.06. The zero-order chi connectivity index (χ0) is 13.8. The van der Waals surface area contributed by atoms with Gasteiger partial charge in [-0.25, -0.2) is 0 Å². The average molecular weight is 271 g/mol. The maximum Gasteiger partial charge on any atom is 0.164 e. The van der Waals surface area contributed by atoms with Crippen LogP contribution >= 0.6 is 0 Å². The number of carbonyl (C=O) groups is 1. The van der Waals surface area contributed by atoms with Gasteiger partial charge in [0.1, 0.15) is 0 Å². The second-order valence-corrected chi connectivity index (χ2v) is 5.46. The summed E-state index contributed by atoms with van der Waals surface area (Å²) in [6, 6.07) is 6.09. The molecule has 1 fully saturated rings. The van der Waals surface area contributed by atoms with E-state index in [-0.39, 0.29) is 5.78 Å². The fourth-order valence-corrected chi connectivity index (χ4v) is 2.82. The van der Waals surface area contributed by atoms with Crippen molar-refractivity contribution in [2.75, 3.05) is 32.8 Å². The van der Waals surface area contributed by atoms with Crippen molar-refractivity contribution in [1.82, 2.24) is 4.90 Å². The highest BCUT2D eigenvalue weighted by molar-refractivity contribution is 5.96. The number of hydrogen-bond donors (Lipinski definition) is 0. The summed E-state index contributed by atoms with van der Waals surface area (Å²) < 4.78 is 5.32. The Bertz CT molecular complexity index is 600. The van der Waals surface area contributed by atoms with Crippen molar-refractivity contribution in [1.29, 1.82) is 0 Å². The summed E-state index contributed by atoms with van der Waals surface area (Å²) in [4.78, 5) is 14.6. The Labute approximate surface area is 119 Å². The van der Waals surface area contributed by atoms with Crippen LogP contribution in [0.1, 0.15) is 29.6 Å². The van der Waals surface area contributed by atoms with E-state index in [1.807, 2.05) is 12.1 Å². The first-order chi connectivity index (χ1) is 9.83. The normalized spacial score (nSPS) is 18.8. The number of Topliss-reactive ketones (excluding diaryl/α,β-unsaturated/α-hetero) is 1. The van der Waals surface area contributed by atoms with Crippen molar-refractivity contribution in [3.05, 3.63) is 34.2 Å². The summed E-state index contributed by atoms with van der Waals surface area (Å²) in [5.41, 5.74) is 0.851. The minimum Gasteiger partial charge on any atom is -0.379 e. The summed E-state index contributed by atoms with van der Waals surface area (Å²) in [7, 11) is 0. The van der Waals surface area contributed by atoms with Gasteiger partial charge in [0.2, 0.25) is 0 Å². The van der Waals surface area contributed by atoms with Crippen molar-refractivity contribution in [2.24, 2.45) is 0 Å². The lowest BCUT2D eigenvalue weighted by Crippen LogP contribution is -2.37. The third kappa shape index (κ3) is 3.17. The zero-order valence-corrected chi connectivity index (χ0v) is 11.8. The number of ether oxygens (including phenoxy) is 1. The van der Waals surface area contributed by atoms with Crippen LogP contribution in [-0.2, 0) is 4.74 Å². The van der Waals surface area contributed by atoms with Crippen LogP contribution in [0, 0.1) is 0 Å². The van der Waals surface area contributed by atoms with Crippen LogP contribution in [0.25, 0.3) is 12.2 Å². The van der Waals surface area contributed by atoms with Gasteiger partial charge in [0, 0.05) is 31.6 Å². The molecule has 1 aliphatic heterocycles. The van der Waals surface area contributed by atoms with Gasteiger partial charge >= 0.3 is 0 Å². The van der Waals surface area contributed by atoms with Crippen LogP contribution in [0.2, 0.25) is 0 Å². The smallest absolute Gasteiger partial charge is 0.164 e. The third-order valence-electron chi connectivity index (χ3n) is 4.06. The highest BCUT2D eigenvalue weighted by atomic mass is 16.5. The molecule has 3 heteroatoms. The molecule has 106 valence electrons. The molecule has 0 unspecified atom stereocenters. The number of hydrogen-bond acceptors (Lipinski definition) is 3. The zero-order valence-electron chi connectivity index (χ0n) is 11.8. The molecule has 0 saturated carbocycles. The van der Waals surface area contributed by atoms with Gasteiger partial charge in [-0.2, -0.15) is 0 Å². The minimum atomic E-state index is 0.248. The number of rotatable bonds is 4. The van der Waals surface area contributed by atoms with Crippen LogP contribution in [0.5, 0.6) is 0 Å². The molecule has 3 nitrogen and oxygen atoms in total. The second kappa shape index (κ2) is 6.33. The van der Waals surface area contributed by atoms with Crippen LogP contribution in [-0.4, -0.2) is 43.5 Å². The molecule has 0 radical (unpaired) electrons. The molecule has 1 aromatic rings. The van der Waals surface area contributed by atoms with Gasteiger partial charge < -0.3 is 4.74 Å². The second-order valence-electron chi connectivity index (χ2n) is 5.46. The van der Waals surface area contributed by atoms with E-state index in [4.69, 9.17) is 4.74 Å². The van der Waals surface area contributed by atoms with Gasteiger partial charge in [0.25, 0.3) is 0 Å². The number of ketones is 1. The standard InChI is InChI=1S/C17H21NO2/c19-17(7-8-18-9-11-20-12-10-18)16-6-5-14-3-1-2-4-15(14)13-16/h3-6,13H,1-2,7-12H2. The Morgan fingerprint density at radius 2 is 1.85 bits per heavy atom. The first-order valence-electron chi connectivity index (χ1n) is 7.47. The van der Waals surface area contributed by atoms with Crippen LogP contribution in [0.3, 0.4) is 0 Å². The van der Waals surface area contributed by atoms with E-state index in [9.17, 15) is 4.79 Å². The number of carbonyl (C=O) groups excluding carboxylic acids is 1. The molecule has 1 saturated heterocycles. The molecule has 20 heavy (non-hydrogen) atoms. The van der Waals surface area contributed by atoms with Gasteiger partial charge in [0.05, 0.1) is 13.2 Å². The molecule has 1 aromatic carbocycles. The lowest BCUT2D eigenvalue weighted by Gasteiger charge is -2.26. The van der Waals surface area contributed by atoms with Gasteiger partial charge in [0.15, 0.2) is 5.78 Å². The van der Waals surface area contributed by atoms with Crippen molar-refractivity contribution in [3.63, 3.8) is 0 Å². The van der Waals surface area contributed by atoms with Crippen molar-refractivity contribution in [2.45, 2.75) is 19.3 Å². The van der Waals surface area contributed by atoms with Crippen molar-refractivity contribution >= 4 is 17.9 Å². The molecule has 2 aliphatic rings. The molecule has 0 bridgehead atoms. The maximum atomic E-state index is 12.3. The van der Waals surface area contributed by atoms with E-state index in [0.29, 0.717) is 6.42 Å². The summed E-state index contributed by atoms with van der Waals surface area (Å²) >= 11 is 0. The Morgan fingerprint density at radius 3 is 2.65 bits per heavy atom. The Hall–Kier alpha value is -1.45. The van der Waals surface area contributed by atoms with Crippen LogP contribution < -0.4 is 10.4 Å². The van der Waals surface area contributed by atoms with Gasteiger partial charge in [-0.05, 0) is 29.3 Å². The summed E-state index contributed by atoms with van der Waals surface area (Å²) in [5.74, 6) is 0.248. The lowest BCUT2D eigenvalue weighted by molar-refractivity contribution is 0.0370. The molecule has 0 spiro atoms. The van der Waals surface area contributed by atoms with Crippen molar-refractivity contribution < 1.29 is 9.53 Å². The van der Waals surface area contributed by atoms with E-state index in [1.54, 1.807) is 0 Å². The van der Waals surface area contributed by atoms with E-state index < -0.39 is 0 Å². The largest absolute Gasteiger partial charge is 0.379 e. The summed E-state index contributed by atoms with van der Waals surface area (Å²) in [5, 5.41) is 2.48. The average Bonchev–Trinajstić information content (AvgIpc) is 2.53. The summed E-state index contributed by atoms with van der Waals surface area (Å²) in [6.07, 6.45) is 7.27. The maximum absolute atomic E-state index is 12.3. The quantitative estimate of drug-likeness (QED) is 0.764. The highest BCUT2D eigenvalue weighted by Gasteiger charge is 2.13. The predicted octanol–water partition coefficient (Wildman–Crippen LogP) is 0.946. The van der Waals surface area contributed by atoms with Crippen molar-refractivity contribution in [3.8, 4) is 0 Å². The molecule has 3 rings (SSSR count). The SMILES string of the molecule is O=C(CCN1CCOCC1)c1ccc2c(c1)=CCCC=2. The molecular weight excluding hydrogens is 250 g/mol. The molecule has 0 aromatic heterocycles. The van der Waals surface area contributed by atoms with E-state index in [1.165, 1.54) is 10.4 Å². The minimum absolute atomic E-state index is 0.248. The molecule has 0 N–H and O–H groups in total. The Balaban J connectivity index is 1.65. The summed E-state index contributed by atoms with van der Waals surface area (Å²) in [6.45, 7) is 4.31. The fourth-order valence-electron chi connectivity index (χ4n) is 2.82. The predicted molar refractivity (Wildman–Crippen MR) is 80.1 cm³/mol. The monoisotopic (exact) mass is 271 g/mol. The van der Waals surface area contributed by atoms with Crippen LogP contribution in [0.4, 0.5) is 0 Å². The number of nitrogens with zero attached hydrogens (tertiary/aromatic N) is 1. The van der Waals surface area contributed by atoms with E-state index in [0.717, 1.165) is 51.3 Å². The van der Waals surface area contributed by atoms with Gasteiger partial charge in [-0.1, -0.05) is 24.3 Å². The van der Waals surface area contributed by atoms with Crippen LogP contribution in [0.15, 0.2) is 18.2 Å². The number of fused-ring (bicyclic) bond motifs is 1. The van der Waals surface area contributed by atoms with E-state index >= 15 is 0 Å². The number of morpholine rings is 1. The topological polar surface area (TPSA) is 29.5 Å². The molecule has 1 aliphatic carbocycles. The highest BCUT2D eigenvalue weighted by Crippen LogP contribution is 2.04. The molecule has 1 heterocycles. The molecule has 0 amide bonds. The van der Waals surface area contributed by atoms with Gasteiger partial charge in [-0.3, -0.25) is 9.69 Å². The first-order valence-corrected chi connectivity index (χ1v) is 7.47. The first kappa shape index (κ1) is 13.5. The Morgan fingerprint density at radius 1 is 1.10 bits per heavy atom. The molecule has 0 atom stereocenters. The van der Waals surface area contributed by atoms with Gasteiger partial charge in [-0.15, -0.1) is 0 Å². The fraction of sp³-hybridized carbons (Fsp3) is 0.471. The molecular formula is C17H21NO2.